The molecule has 0 spiro atoms. The second-order valence-electron chi connectivity index (χ2n) is 5.88. The van der Waals surface area contributed by atoms with Gasteiger partial charge in [0.1, 0.15) is 16.4 Å². The van der Waals surface area contributed by atoms with E-state index in [0.29, 0.717) is 11.3 Å². The Hall–Kier alpha value is -2.91. The first-order valence-electron chi connectivity index (χ1n) is 8.15. The highest BCUT2D eigenvalue weighted by molar-refractivity contribution is 7.89. The Balaban J connectivity index is 2.16. The van der Waals surface area contributed by atoms with E-state index in [1.807, 2.05) is 0 Å². The molecule has 150 valence electrons. The molecule has 28 heavy (non-hydrogen) atoms. The Kier molecular flexibility index (Phi) is 6.76. The molecule has 0 heterocycles. The van der Waals surface area contributed by atoms with E-state index >= 15 is 0 Å². The highest BCUT2D eigenvalue weighted by atomic mass is 32.2. The summed E-state index contributed by atoms with van der Waals surface area (Å²) in [6.45, 7) is -0.479. The Bertz CT molecular complexity index is 966. The maximum atomic E-state index is 12.4. The number of ether oxygens (including phenoxy) is 3. The Morgan fingerprint density at radius 1 is 0.929 bits per heavy atom. The zero-order valence-corrected chi connectivity index (χ0v) is 16.8. The number of rotatable bonds is 8. The number of nitrogens with zero attached hydrogens (tertiary/aromatic N) is 1. The number of esters is 1. The first-order chi connectivity index (χ1) is 13.2. The van der Waals surface area contributed by atoms with Crippen LogP contribution in [0.5, 0.6) is 11.5 Å². The average molecular weight is 407 g/mol. The molecular formula is C19H21NO7S. The summed E-state index contributed by atoms with van der Waals surface area (Å²) in [6.07, 6.45) is 0. The van der Waals surface area contributed by atoms with Crippen molar-refractivity contribution in [2.45, 2.75) is 4.90 Å². The van der Waals surface area contributed by atoms with Crippen LogP contribution in [-0.4, -0.2) is 59.4 Å². The topological polar surface area (TPSA) is 99.2 Å². The maximum absolute atomic E-state index is 12.4. The molecule has 0 aliphatic carbocycles. The van der Waals surface area contributed by atoms with Gasteiger partial charge in [0.25, 0.3) is 0 Å². The lowest BCUT2D eigenvalue weighted by molar-refractivity contribution is 0.0474. The van der Waals surface area contributed by atoms with Crippen molar-refractivity contribution in [3.8, 4) is 11.5 Å². The number of benzene rings is 2. The van der Waals surface area contributed by atoms with E-state index in [2.05, 4.69) is 0 Å². The molecule has 0 N–H and O–H groups in total. The average Bonchev–Trinajstić information content (AvgIpc) is 2.71. The number of methoxy groups -OCH3 is 2. The quantitative estimate of drug-likeness (QED) is 0.487. The van der Waals surface area contributed by atoms with E-state index in [1.165, 1.54) is 40.4 Å². The smallest absolute Gasteiger partial charge is 0.338 e. The molecule has 0 bridgehead atoms. The highest BCUT2D eigenvalue weighted by Gasteiger charge is 2.24. The first-order valence-corrected chi connectivity index (χ1v) is 9.59. The molecule has 0 aliphatic rings. The predicted octanol–water partition coefficient (Wildman–Crippen LogP) is 1.99. The molecule has 8 nitrogen and oxygen atoms in total. The van der Waals surface area contributed by atoms with Crippen LogP contribution in [0.1, 0.15) is 20.7 Å². The number of hydrogen-bond donors (Lipinski definition) is 0. The first kappa shape index (κ1) is 21.4. The van der Waals surface area contributed by atoms with Crippen LogP contribution in [0.3, 0.4) is 0 Å². The van der Waals surface area contributed by atoms with Gasteiger partial charge in [0.15, 0.2) is 12.4 Å². The van der Waals surface area contributed by atoms with Gasteiger partial charge in [0, 0.05) is 19.7 Å². The van der Waals surface area contributed by atoms with Crippen LogP contribution >= 0.6 is 0 Å². The number of ketones is 1. The monoisotopic (exact) mass is 407 g/mol. The van der Waals surface area contributed by atoms with Crippen molar-refractivity contribution in [2.75, 3.05) is 34.9 Å². The van der Waals surface area contributed by atoms with Gasteiger partial charge in [-0.1, -0.05) is 0 Å². The van der Waals surface area contributed by atoms with Crippen molar-refractivity contribution < 1.29 is 32.2 Å². The van der Waals surface area contributed by atoms with Crippen molar-refractivity contribution in [3.05, 3.63) is 53.6 Å². The molecule has 0 unspecified atom stereocenters. The lowest BCUT2D eigenvalue weighted by Crippen LogP contribution is -2.23. The summed E-state index contributed by atoms with van der Waals surface area (Å²) in [5.74, 6) is -0.522. The molecule has 0 fully saturated rings. The Morgan fingerprint density at radius 2 is 1.54 bits per heavy atom. The number of carbonyl (C=O) groups is 2. The lowest BCUT2D eigenvalue weighted by Gasteiger charge is -2.15. The highest BCUT2D eigenvalue weighted by Crippen LogP contribution is 2.27. The van der Waals surface area contributed by atoms with E-state index < -0.39 is 28.4 Å². The number of carbonyl (C=O) groups excluding carboxylic acids is 2. The largest absolute Gasteiger partial charge is 0.497 e. The van der Waals surface area contributed by atoms with Crippen LogP contribution < -0.4 is 9.47 Å². The second kappa shape index (κ2) is 8.85. The van der Waals surface area contributed by atoms with Gasteiger partial charge in [0.2, 0.25) is 10.0 Å². The molecular weight excluding hydrogens is 386 g/mol. The van der Waals surface area contributed by atoms with Crippen molar-refractivity contribution >= 4 is 21.8 Å². The standard InChI is InChI=1S/C19H21NO7S/c1-20(2)28(23,24)18-11-14(7-10-17(18)26-4)19(22)27-12-16(21)13-5-8-15(25-3)9-6-13/h5-11H,12H2,1-4H3. The van der Waals surface area contributed by atoms with Crippen LogP contribution in [-0.2, 0) is 14.8 Å². The fourth-order valence-electron chi connectivity index (χ4n) is 2.28. The van der Waals surface area contributed by atoms with E-state index in [4.69, 9.17) is 14.2 Å². The number of sulfonamides is 1. The predicted molar refractivity (Wildman–Crippen MR) is 101 cm³/mol. The minimum atomic E-state index is -3.83. The van der Waals surface area contributed by atoms with Crippen molar-refractivity contribution in [2.24, 2.45) is 0 Å². The van der Waals surface area contributed by atoms with E-state index in [0.717, 1.165) is 10.4 Å². The normalized spacial score (nSPS) is 11.2. The minimum Gasteiger partial charge on any atom is -0.497 e. The third-order valence-corrected chi connectivity index (χ3v) is 5.74. The van der Waals surface area contributed by atoms with Crippen LogP contribution in [0.15, 0.2) is 47.4 Å². The summed E-state index contributed by atoms with van der Waals surface area (Å²) < 4.78 is 41.0. The van der Waals surface area contributed by atoms with Crippen molar-refractivity contribution in [1.29, 1.82) is 0 Å². The molecule has 0 atom stereocenters. The van der Waals surface area contributed by atoms with Gasteiger partial charge < -0.3 is 14.2 Å². The van der Waals surface area contributed by atoms with Gasteiger partial charge in [0.05, 0.1) is 19.8 Å². The number of Topliss-reactive ketones (excluding diaryl/α,β-unsaturated/α-hetero) is 1. The van der Waals surface area contributed by atoms with Crippen LogP contribution in [0.4, 0.5) is 0 Å². The van der Waals surface area contributed by atoms with E-state index in [9.17, 15) is 18.0 Å². The van der Waals surface area contributed by atoms with E-state index in [-0.39, 0.29) is 16.2 Å². The van der Waals surface area contributed by atoms with Gasteiger partial charge in [-0.15, -0.1) is 0 Å². The third kappa shape index (κ3) is 4.68. The second-order valence-corrected chi connectivity index (χ2v) is 8.00. The van der Waals surface area contributed by atoms with E-state index in [1.54, 1.807) is 24.3 Å². The molecule has 0 amide bonds. The lowest BCUT2D eigenvalue weighted by atomic mass is 10.1. The SMILES string of the molecule is COc1ccc(C(=O)COC(=O)c2ccc(OC)c(S(=O)(=O)N(C)C)c2)cc1. The van der Waals surface area contributed by atoms with Gasteiger partial charge >= 0.3 is 5.97 Å². The van der Waals surface area contributed by atoms with Crippen LogP contribution in [0.25, 0.3) is 0 Å². The maximum Gasteiger partial charge on any atom is 0.338 e. The van der Waals surface area contributed by atoms with Gasteiger partial charge in [-0.3, -0.25) is 4.79 Å². The minimum absolute atomic E-state index is 0.0104. The Morgan fingerprint density at radius 3 is 2.07 bits per heavy atom. The molecule has 0 radical (unpaired) electrons. The Labute approximate surface area is 163 Å². The van der Waals surface area contributed by atoms with Crippen molar-refractivity contribution in [3.63, 3.8) is 0 Å². The fourth-order valence-corrected chi connectivity index (χ4v) is 3.35. The van der Waals surface area contributed by atoms with Crippen molar-refractivity contribution in [1.82, 2.24) is 4.31 Å². The molecule has 0 saturated heterocycles. The van der Waals surface area contributed by atoms with Crippen LogP contribution in [0, 0.1) is 0 Å². The summed E-state index contributed by atoms with van der Waals surface area (Å²) in [7, 11) is 1.74. The third-order valence-electron chi connectivity index (χ3n) is 3.90. The molecule has 2 aromatic carbocycles. The summed E-state index contributed by atoms with van der Waals surface area (Å²) >= 11 is 0. The van der Waals surface area contributed by atoms with Gasteiger partial charge in [-0.2, -0.15) is 0 Å². The molecule has 2 rings (SSSR count). The molecule has 0 aliphatic heterocycles. The molecule has 2 aromatic rings. The summed E-state index contributed by atoms with van der Waals surface area (Å²) in [5.41, 5.74) is 0.350. The summed E-state index contributed by atoms with van der Waals surface area (Å²) in [5, 5.41) is 0. The summed E-state index contributed by atoms with van der Waals surface area (Å²) in [6, 6.07) is 10.3. The molecule has 0 saturated carbocycles. The van der Waals surface area contributed by atoms with Crippen LogP contribution in [0.2, 0.25) is 0 Å². The molecule has 9 heteroatoms. The number of hydrogen-bond acceptors (Lipinski definition) is 7. The van der Waals surface area contributed by atoms with Gasteiger partial charge in [-0.05, 0) is 42.5 Å². The zero-order valence-electron chi connectivity index (χ0n) is 16.0. The molecule has 0 aromatic heterocycles. The zero-order chi connectivity index (χ0) is 20.9. The summed E-state index contributed by atoms with van der Waals surface area (Å²) in [4.78, 5) is 24.3. The van der Waals surface area contributed by atoms with Gasteiger partial charge in [-0.25, -0.2) is 17.5 Å². The fraction of sp³-hybridized carbons (Fsp3) is 0.263.